The van der Waals surface area contributed by atoms with Gasteiger partial charge >= 0.3 is 0 Å². The maximum atomic E-state index is 12.3. The molecule has 3 heterocycles. The Hall–Kier alpha value is -2.15. The molecule has 2 N–H and O–H groups in total. The van der Waals surface area contributed by atoms with Gasteiger partial charge in [0.2, 0.25) is 5.91 Å². The molecule has 118 valence electrons. The second kappa shape index (κ2) is 6.31. The van der Waals surface area contributed by atoms with Crippen molar-refractivity contribution in [2.24, 2.45) is 5.92 Å². The van der Waals surface area contributed by atoms with Gasteiger partial charge in [0.05, 0.1) is 12.0 Å². The number of carbonyl (C=O) groups excluding carboxylic acids is 3. The average Bonchev–Trinajstić information content (AvgIpc) is 3.13. The second-order valence-electron chi connectivity index (χ2n) is 5.73. The average molecular weight is 305 g/mol. The molecule has 0 aromatic carbocycles. The van der Waals surface area contributed by atoms with Crippen molar-refractivity contribution in [1.29, 1.82) is 0 Å². The second-order valence-corrected chi connectivity index (χ2v) is 5.73. The molecule has 2 fully saturated rings. The van der Waals surface area contributed by atoms with E-state index >= 15 is 0 Å². The van der Waals surface area contributed by atoms with E-state index in [9.17, 15) is 14.4 Å². The van der Waals surface area contributed by atoms with Gasteiger partial charge in [-0.15, -0.1) is 0 Å². The highest BCUT2D eigenvalue weighted by Crippen LogP contribution is 2.21. The number of nitrogens with one attached hydrogen (secondary N) is 2. The maximum absolute atomic E-state index is 12.3. The third kappa shape index (κ3) is 3.04. The fraction of sp³-hybridized carbons (Fsp3) is 0.533. The van der Waals surface area contributed by atoms with Gasteiger partial charge in [0.25, 0.3) is 11.8 Å². The van der Waals surface area contributed by atoms with Crippen molar-refractivity contribution >= 4 is 17.7 Å². The number of aromatic amines is 1. The van der Waals surface area contributed by atoms with Gasteiger partial charge in [0.1, 0.15) is 6.04 Å². The first-order chi connectivity index (χ1) is 10.6. The number of hydrogen-bond donors (Lipinski definition) is 2. The van der Waals surface area contributed by atoms with Crippen molar-refractivity contribution in [3.8, 4) is 0 Å². The first-order valence-corrected chi connectivity index (χ1v) is 7.51. The summed E-state index contributed by atoms with van der Waals surface area (Å²) in [5.74, 6) is -0.572. The fourth-order valence-electron chi connectivity index (χ4n) is 2.88. The molecule has 1 aromatic heterocycles. The van der Waals surface area contributed by atoms with Crippen LogP contribution in [0, 0.1) is 5.92 Å². The minimum Gasteiger partial charge on any atom is -0.381 e. The van der Waals surface area contributed by atoms with Crippen LogP contribution in [0.1, 0.15) is 29.6 Å². The molecule has 2 aliphatic rings. The number of likely N-dealkylation sites (tertiary alicyclic amines) is 1. The minimum atomic E-state index is -0.755. The quantitative estimate of drug-likeness (QED) is 0.783. The molecule has 2 saturated heterocycles. The molecule has 1 atom stereocenters. The molecule has 3 rings (SSSR count). The first kappa shape index (κ1) is 14.8. The predicted molar refractivity (Wildman–Crippen MR) is 76.9 cm³/mol. The normalized spacial score (nSPS) is 23.1. The molecular weight excluding hydrogens is 286 g/mol. The Morgan fingerprint density at radius 2 is 2.14 bits per heavy atom. The zero-order chi connectivity index (χ0) is 15.5. The van der Waals surface area contributed by atoms with Gasteiger partial charge in [0.15, 0.2) is 0 Å². The van der Waals surface area contributed by atoms with E-state index in [0.29, 0.717) is 31.2 Å². The summed E-state index contributed by atoms with van der Waals surface area (Å²) in [5, 5.41) is 2.63. The summed E-state index contributed by atoms with van der Waals surface area (Å²) in [6.45, 7) is 1.78. The van der Waals surface area contributed by atoms with Crippen molar-refractivity contribution in [2.75, 3.05) is 19.8 Å². The van der Waals surface area contributed by atoms with Gasteiger partial charge < -0.3 is 15.0 Å². The van der Waals surface area contributed by atoms with Crippen molar-refractivity contribution in [3.05, 3.63) is 24.0 Å². The summed E-state index contributed by atoms with van der Waals surface area (Å²) in [4.78, 5) is 40.5. The number of aromatic nitrogens is 1. The van der Waals surface area contributed by atoms with Crippen LogP contribution in [0.25, 0.3) is 0 Å². The lowest BCUT2D eigenvalue weighted by molar-refractivity contribution is -0.140. The number of nitrogens with zero attached hydrogens (tertiary/aromatic N) is 1. The van der Waals surface area contributed by atoms with Crippen LogP contribution in [0.5, 0.6) is 0 Å². The number of amides is 3. The van der Waals surface area contributed by atoms with Crippen molar-refractivity contribution in [1.82, 2.24) is 15.2 Å². The zero-order valence-electron chi connectivity index (χ0n) is 12.2. The summed E-state index contributed by atoms with van der Waals surface area (Å²) in [5.41, 5.74) is 0.447. The maximum Gasteiger partial charge on any atom is 0.253 e. The molecule has 0 unspecified atom stereocenters. The number of hydrogen-bond acceptors (Lipinski definition) is 4. The standard InChI is InChI=1S/C15H19N3O4/c19-13-7-12(17-14(20)11-1-4-16-8-11)15(21)18(13)9-10-2-5-22-6-3-10/h1,4,8,10,12,16H,2-3,5-7,9H2,(H,17,20)/t12-/m0/s1. The number of imide groups is 1. The van der Waals surface area contributed by atoms with E-state index in [2.05, 4.69) is 10.3 Å². The largest absolute Gasteiger partial charge is 0.381 e. The molecule has 22 heavy (non-hydrogen) atoms. The van der Waals surface area contributed by atoms with E-state index in [4.69, 9.17) is 4.74 Å². The van der Waals surface area contributed by atoms with E-state index in [0.717, 1.165) is 12.8 Å². The molecule has 0 saturated carbocycles. The van der Waals surface area contributed by atoms with Crippen LogP contribution >= 0.6 is 0 Å². The molecule has 0 radical (unpaired) electrons. The first-order valence-electron chi connectivity index (χ1n) is 7.51. The van der Waals surface area contributed by atoms with Crippen LogP contribution in [0.2, 0.25) is 0 Å². The van der Waals surface area contributed by atoms with Gasteiger partial charge in [-0.1, -0.05) is 0 Å². The highest BCUT2D eigenvalue weighted by molar-refractivity contribution is 6.08. The Labute approximate surface area is 128 Å². The summed E-state index contributed by atoms with van der Waals surface area (Å²) < 4.78 is 5.28. The summed E-state index contributed by atoms with van der Waals surface area (Å²) in [6.07, 6.45) is 4.94. The van der Waals surface area contributed by atoms with Gasteiger partial charge in [-0.3, -0.25) is 19.3 Å². The van der Waals surface area contributed by atoms with Crippen LogP contribution in [0.4, 0.5) is 0 Å². The van der Waals surface area contributed by atoms with E-state index in [1.54, 1.807) is 18.5 Å². The Kier molecular flexibility index (Phi) is 4.24. The van der Waals surface area contributed by atoms with Crippen molar-refractivity contribution < 1.29 is 19.1 Å². The van der Waals surface area contributed by atoms with Gasteiger partial charge in [-0.05, 0) is 24.8 Å². The molecular formula is C15H19N3O4. The van der Waals surface area contributed by atoms with Crippen LogP contribution < -0.4 is 5.32 Å². The van der Waals surface area contributed by atoms with E-state index in [1.165, 1.54) is 4.90 Å². The molecule has 0 spiro atoms. The van der Waals surface area contributed by atoms with Gasteiger partial charge in [0, 0.05) is 32.2 Å². The van der Waals surface area contributed by atoms with E-state index < -0.39 is 6.04 Å². The van der Waals surface area contributed by atoms with Crippen LogP contribution in [-0.2, 0) is 14.3 Å². The monoisotopic (exact) mass is 305 g/mol. The smallest absolute Gasteiger partial charge is 0.253 e. The highest BCUT2D eigenvalue weighted by atomic mass is 16.5. The third-order valence-corrected chi connectivity index (χ3v) is 4.19. The van der Waals surface area contributed by atoms with Crippen molar-refractivity contribution in [3.63, 3.8) is 0 Å². The Balaban J connectivity index is 1.60. The zero-order valence-corrected chi connectivity index (χ0v) is 12.2. The Morgan fingerprint density at radius 3 is 2.82 bits per heavy atom. The number of rotatable bonds is 4. The number of H-pyrrole nitrogens is 1. The van der Waals surface area contributed by atoms with Crippen LogP contribution in [0.15, 0.2) is 18.5 Å². The lowest BCUT2D eigenvalue weighted by Crippen LogP contribution is -2.43. The topological polar surface area (TPSA) is 91.5 Å². The highest BCUT2D eigenvalue weighted by Gasteiger charge is 2.40. The van der Waals surface area contributed by atoms with Gasteiger partial charge in [-0.25, -0.2) is 0 Å². The molecule has 0 bridgehead atoms. The van der Waals surface area contributed by atoms with E-state index in [1.807, 2.05) is 0 Å². The fourth-order valence-corrected chi connectivity index (χ4v) is 2.88. The predicted octanol–water partition coefficient (Wildman–Crippen LogP) is 0.299. The summed E-state index contributed by atoms with van der Waals surface area (Å²) in [7, 11) is 0. The Bertz CT molecular complexity index is 563. The molecule has 3 amide bonds. The number of ether oxygens (including phenoxy) is 1. The Morgan fingerprint density at radius 1 is 1.36 bits per heavy atom. The molecule has 7 nitrogen and oxygen atoms in total. The van der Waals surface area contributed by atoms with E-state index in [-0.39, 0.29) is 24.1 Å². The number of carbonyl (C=O) groups is 3. The lowest BCUT2D eigenvalue weighted by atomic mass is 10.00. The SMILES string of the molecule is O=C(N[C@H]1CC(=O)N(CC2CCOCC2)C1=O)c1cc[nH]c1. The molecule has 2 aliphatic heterocycles. The third-order valence-electron chi connectivity index (χ3n) is 4.19. The van der Waals surface area contributed by atoms with Crippen LogP contribution in [0.3, 0.4) is 0 Å². The lowest BCUT2D eigenvalue weighted by Gasteiger charge is -2.26. The molecule has 0 aliphatic carbocycles. The minimum absolute atomic E-state index is 0.0399. The van der Waals surface area contributed by atoms with Gasteiger partial charge in [-0.2, -0.15) is 0 Å². The summed E-state index contributed by atoms with van der Waals surface area (Å²) >= 11 is 0. The van der Waals surface area contributed by atoms with Crippen LogP contribution in [-0.4, -0.2) is 53.4 Å². The molecule has 1 aromatic rings. The molecule has 7 heteroatoms. The summed E-state index contributed by atoms with van der Waals surface area (Å²) in [6, 6.07) is 0.867. The van der Waals surface area contributed by atoms with Crippen molar-refractivity contribution in [2.45, 2.75) is 25.3 Å².